The summed E-state index contributed by atoms with van der Waals surface area (Å²) in [6, 6.07) is 14.1. The molecular weight excluding hydrogens is 386 g/mol. The monoisotopic (exact) mass is 405 g/mol. The second-order valence-corrected chi connectivity index (χ2v) is 7.52. The average molecular weight is 406 g/mol. The zero-order valence-electron chi connectivity index (χ0n) is 14.7. The molecule has 2 aromatic rings. The summed E-state index contributed by atoms with van der Waals surface area (Å²) in [6.45, 7) is 0.421. The summed E-state index contributed by atoms with van der Waals surface area (Å²) < 4.78 is 10.8. The van der Waals surface area contributed by atoms with Gasteiger partial charge in [0.2, 0.25) is 0 Å². The van der Waals surface area contributed by atoms with E-state index in [9.17, 15) is 9.59 Å². The summed E-state index contributed by atoms with van der Waals surface area (Å²) >= 11 is 7.57. The topological polar surface area (TPSA) is 64.6 Å². The number of hydrogen-bond acceptors (Lipinski definition) is 5. The molecule has 5 nitrogen and oxygen atoms in total. The van der Waals surface area contributed by atoms with E-state index in [4.69, 9.17) is 21.1 Å². The van der Waals surface area contributed by atoms with E-state index in [2.05, 4.69) is 5.32 Å². The summed E-state index contributed by atoms with van der Waals surface area (Å²) in [6.07, 6.45) is 2.34. The standard InChI is InChI=1S/C20H20ClNO4S/c21-16-8-2-3-9-17(16)22-19(23)12-26-20(24)15-7-1-4-10-18(15)27-13-14-6-5-11-25-14/h1-4,7-10,14H,5-6,11-13H2,(H,22,23)/t14-/m1/s1. The van der Waals surface area contributed by atoms with Crippen molar-refractivity contribution in [3.8, 4) is 0 Å². The first-order chi connectivity index (χ1) is 13.1. The smallest absolute Gasteiger partial charge is 0.339 e. The van der Waals surface area contributed by atoms with Crippen LogP contribution >= 0.6 is 23.4 Å². The van der Waals surface area contributed by atoms with Crippen LogP contribution in [0.25, 0.3) is 0 Å². The molecule has 1 atom stereocenters. The fraction of sp³-hybridized carbons (Fsp3) is 0.300. The Balaban J connectivity index is 1.54. The van der Waals surface area contributed by atoms with Crippen LogP contribution in [0.4, 0.5) is 5.69 Å². The number of rotatable bonds is 7. The van der Waals surface area contributed by atoms with Crippen molar-refractivity contribution < 1.29 is 19.1 Å². The number of carbonyl (C=O) groups excluding carboxylic acids is 2. The van der Waals surface area contributed by atoms with Gasteiger partial charge in [-0.3, -0.25) is 4.79 Å². The number of para-hydroxylation sites is 1. The summed E-state index contributed by atoms with van der Waals surface area (Å²) in [4.78, 5) is 25.3. The third-order valence-electron chi connectivity index (χ3n) is 4.04. The van der Waals surface area contributed by atoms with Crippen LogP contribution in [-0.2, 0) is 14.3 Å². The van der Waals surface area contributed by atoms with Crippen LogP contribution in [0.1, 0.15) is 23.2 Å². The highest BCUT2D eigenvalue weighted by molar-refractivity contribution is 7.99. The molecule has 7 heteroatoms. The third-order valence-corrected chi connectivity index (χ3v) is 5.57. The van der Waals surface area contributed by atoms with Crippen LogP contribution in [0.5, 0.6) is 0 Å². The lowest BCUT2D eigenvalue weighted by Crippen LogP contribution is -2.21. The SMILES string of the molecule is O=C(COC(=O)c1ccccc1SC[C@H]1CCCO1)Nc1ccccc1Cl. The minimum absolute atomic E-state index is 0.223. The second-order valence-electron chi connectivity index (χ2n) is 6.05. The van der Waals surface area contributed by atoms with E-state index >= 15 is 0 Å². The zero-order valence-corrected chi connectivity index (χ0v) is 16.2. The van der Waals surface area contributed by atoms with E-state index in [1.807, 2.05) is 12.1 Å². The number of halogens is 1. The van der Waals surface area contributed by atoms with E-state index in [1.165, 1.54) is 0 Å². The van der Waals surface area contributed by atoms with Crippen LogP contribution in [-0.4, -0.2) is 36.9 Å². The lowest BCUT2D eigenvalue weighted by molar-refractivity contribution is -0.119. The summed E-state index contributed by atoms with van der Waals surface area (Å²) in [7, 11) is 0. The molecule has 1 heterocycles. The van der Waals surface area contributed by atoms with Gasteiger partial charge in [0, 0.05) is 17.3 Å². The van der Waals surface area contributed by atoms with Gasteiger partial charge in [-0.2, -0.15) is 0 Å². The molecule has 1 saturated heterocycles. The molecule has 27 heavy (non-hydrogen) atoms. The number of carbonyl (C=O) groups is 2. The Kier molecular flexibility index (Phi) is 7.15. The number of thioether (sulfide) groups is 1. The first-order valence-corrected chi connectivity index (χ1v) is 10.0. The highest BCUT2D eigenvalue weighted by atomic mass is 35.5. The lowest BCUT2D eigenvalue weighted by Gasteiger charge is -2.12. The van der Waals surface area contributed by atoms with E-state index in [0.717, 1.165) is 30.1 Å². The fourth-order valence-corrected chi connectivity index (χ4v) is 3.97. The number of benzene rings is 2. The van der Waals surface area contributed by atoms with E-state index in [0.29, 0.717) is 16.3 Å². The summed E-state index contributed by atoms with van der Waals surface area (Å²) in [5.41, 5.74) is 0.929. The molecule has 0 spiro atoms. The van der Waals surface area contributed by atoms with Gasteiger partial charge in [0.25, 0.3) is 5.91 Å². The minimum atomic E-state index is -0.528. The molecule has 1 amide bonds. The molecule has 0 radical (unpaired) electrons. The van der Waals surface area contributed by atoms with Crippen LogP contribution in [0, 0.1) is 0 Å². The molecule has 0 aliphatic carbocycles. The molecule has 0 aromatic heterocycles. The van der Waals surface area contributed by atoms with Crippen molar-refractivity contribution in [1.29, 1.82) is 0 Å². The van der Waals surface area contributed by atoms with Gasteiger partial charge >= 0.3 is 5.97 Å². The van der Waals surface area contributed by atoms with Gasteiger partial charge in [-0.15, -0.1) is 11.8 Å². The van der Waals surface area contributed by atoms with Crippen molar-refractivity contribution in [1.82, 2.24) is 0 Å². The summed E-state index contributed by atoms with van der Waals surface area (Å²) in [5.74, 6) is -0.183. The predicted octanol–water partition coefficient (Wildman–Crippen LogP) is 4.41. The van der Waals surface area contributed by atoms with Gasteiger partial charge in [-0.25, -0.2) is 4.79 Å². The summed E-state index contributed by atoms with van der Waals surface area (Å²) in [5, 5.41) is 3.05. The van der Waals surface area contributed by atoms with Gasteiger partial charge in [0.05, 0.1) is 22.4 Å². The number of amides is 1. The molecule has 0 saturated carbocycles. The maximum absolute atomic E-state index is 12.4. The third kappa shape index (κ3) is 5.73. The van der Waals surface area contributed by atoms with Crippen LogP contribution < -0.4 is 5.32 Å². The average Bonchev–Trinajstić information content (AvgIpc) is 3.20. The van der Waals surface area contributed by atoms with Gasteiger partial charge in [-0.1, -0.05) is 35.9 Å². The van der Waals surface area contributed by atoms with E-state index < -0.39 is 11.9 Å². The minimum Gasteiger partial charge on any atom is -0.452 e. The molecule has 142 valence electrons. The van der Waals surface area contributed by atoms with Crippen molar-refractivity contribution in [3.63, 3.8) is 0 Å². The number of ether oxygens (including phenoxy) is 2. The fourth-order valence-electron chi connectivity index (χ4n) is 2.68. The van der Waals surface area contributed by atoms with Crippen molar-refractivity contribution >= 4 is 40.9 Å². The first-order valence-electron chi connectivity index (χ1n) is 8.68. The Hall–Kier alpha value is -2.02. The lowest BCUT2D eigenvalue weighted by atomic mass is 10.2. The first kappa shape index (κ1) is 19.7. The molecule has 1 fully saturated rings. The Morgan fingerprint density at radius 2 is 1.96 bits per heavy atom. The van der Waals surface area contributed by atoms with E-state index in [-0.39, 0.29) is 12.7 Å². The molecule has 3 rings (SSSR count). The molecule has 1 aliphatic rings. The Bertz CT molecular complexity index is 808. The molecule has 0 unspecified atom stereocenters. The van der Waals surface area contributed by atoms with Crippen molar-refractivity contribution in [2.24, 2.45) is 0 Å². The van der Waals surface area contributed by atoms with Crippen molar-refractivity contribution in [2.75, 3.05) is 24.3 Å². The molecular formula is C20H20ClNO4S. The maximum Gasteiger partial charge on any atom is 0.339 e. The molecule has 0 bridgehead atoms. The van der Waals surface area contributed by atoms with Gasteiger partial charge in [0.1, 0.15) is 0 Å². The van der Waals surface area contributed by atoms with Crippen LogP contribution in [0.3, 0.4) is 0 Å². The Morgan fingerprint density at radius 3 is 2.74 bits per heavy atom. The van der Waals surface area contributed by atoms with E-state index in [1.54, 1.807) is 48.2 Å². The number of esters is 1. The zero-order chi connectivity index (χ0) is 19.1. The van der Waals surface area contributed by atoms with Gasteiger partial charge in [-0.05, 0) is 37.1 Å². The second kappa shape index (κ2) is 9.78. The van der Waals surface area contributed by atoms with Crippen LogP contribution in [0.2, 0.25) is 5.02 Å². The Labute approximate surface area is 167 Å². The van der Waals surface area contributed by atoms with Gasteiger partial charge in [0.15, 0.2) is 6.61 Å². The predicted molar refractivity (Wildman–Crippen MR) is 107 cm³/mol. The Morgan fingerprint density at radius 1 is 1.19 bits per heavy atom. The highest BCUT2D eigenvalue weighted by Gasteiger charge is 2.19. The molecule has 1 N–H and O–H groups in total. The van der Waals surface area contributed by atoms with Crippen molar-refractivity contribution in [2.45, 2.75) is 23.8 Å². The normalized spacial score (nSPS) is 16.1. The van der Waals surface area contributed by atoms with Crippen molar-refractivity contribution in [3.05, 3.63) is 59.1 Å². The number of nitrogens with one attached hydrogen (secondary N) is 1. The van der Waals surface area contributed by atoms with Crippen LogP contribution in [0.15, 0.2) is 53.4 Å². The maximum atomic E-state index is 12.4. The molecule has 1 aliphatic heterocycles. The largest absolute Gasteiger partial charge is 0.452 e. The highest BCUT2D eigenvalue weighted by Crippen LogP contribution is 2.27. The molecule has 2 aromatic carbocycles. The quantitative estimate of drug-likeness (QED) is 0.546. The van der Waals surface area contributed by atoms with Gasteiger partial charge < -0.3 is 14.8 Å². The number of anilines is 1. The number of hydrogen-bond donors (Lipinski definition) is 1.